The molecule has 0 heterocycles. The van der Waals surface area contributed by atoms with Gasteiger partial charge < -0.3 is 10.1 Å². The van der Waals surface area contributed by atoms with Crippen molar-refractivity contribution in [2.24, 2.45) is 0 Å². The number of carbonyl (C=O) groups excluding carboxylic acids is 1. The number of methoxy groups -OCH3 is 1. The first-order valence-corrected chi connectivity index (χ1v) is 12.1. The van der Waals surface area contributed by atoms with E-state index < -0.39 is 10.0 Å². The fourth-order valence-electron chi connectivity index (χ4n) is 4.03. The minimum absolute atomic E-state index is 0.0624. The minimum Gasteiger partial charge on any atom is -0.495 e. The number of hydrogen-bond acceptors (Lipinski definition) is 4. The average Bonchev–Trinajstić information content (AvgIpc) is 2.83. The minimum atomic E-state index is -3.89. The van der Waals surface area contributed by atoms with Gasteiger partial charge >= 0.3 is 0 Å². The van der Waals surface area contributed by atoms with Crippen LogP contribution in [0.3, 0.4) is 0 Å². The third-order valence-electron chi connectivity index (χ3n) is 5.70. The van der Waals surface area contributed by atoms with E-state index in [9.17, 15) is 13.2 Å². The number of rotatable bonds is 7. The molecule has 1 aliphatic carbocycles. The topological polar surface area (TPSA) is 84.5 Å². The van der Waals surface area contributed by atoms with E-state index in [4.69, 9.17) is 4.74 Å². The van der Waals surface area contributed by atoms with E-state index in [0.717, 1.165) is 30.4 Å². The van der Waals surface area contributed by atoms with Gasteiger partial charge in [0, 0.05) is 12.1 Å². The Balaban J connectivity index is 1.56. The molecule has 1 amide bonds. The maximum absolute atomic E-state index is 13.0. The summed E-state index contributed by atoms with van der Waals surface area (Å²) in [5, 5.41) is 3.07. The fourth-order valence-corrected chi connectivity index (χ4v) is 5.24. The van der Waals surface area contributed by atoms with Crippen LogP contribution < -0.4 is 14.8 Å². The summed E-state index contributed by atoms with van der Waals surface area (Å²) in [4.78, 5) is 13.0. The predicted molar refractivity (Wildman–Crippen MR) is 123 cm³/mol. The molecule has 0 saturated carbocycles. The van der Waals surface area contributed by atoms with Gasteiger partial charge in [0.1, 0.15) is 10.6 Å². The summed E-state index contributed by atoms with van der Waals surface area (Å²) in [6.07, 6.45) is 2.84. The first-order valence-electron chi connectivity index (χ1n) is 10.6. The molecule has 0 bridgehead atoms. The highest BCUT2D eigenvalue weighted by Gasteiger charge is 2.25. The Labute approximate surface area is 188 Å². The maximum atomic E-state index is 13.0. The highest BCUT2D eigenvalue weighted by Crippen LogP contribution is 2.30. The van der Waals surface area contributed by atoms with Crippen LogP contribution in [0.25, 0.3) is 0 Å². The van der Waals surface area contributed by atoms with Crippen molar-refractivity contribution in [3.8, 4) is 5.75 Å². The van der Waals surface area contributed by atoms with Gasteiger partial charge in [-0.25, -0.2) is 13.1 Å². The quantitative estimate of drug-likeness (QED) is 0.570. The van der Waals surface area contributed by atoms with Crippen molar-refractivity contribution in [1.82, 2.24) is 10.0 Å². The lowest BCUT2D eigenvalue weighted by atomic mass is 9.87. The molecule has 3 aromatic rings. The summed E-state index contributed by atoms with van der Waals surface area (Å²) in [6, 6.07) is 21.7. The van der Waals surface area contributed by atoms with Gasteiger partial charge in [0.25, 0.3) is 5.91 Å². The lowest BCUT2D eigenvalue weighted by molar-refractivity contribution is 0.0932. The Morgan fingerprint density at radius 3 is 2.56 bits per heavy atom. The molecule has 1 unspecified atom stereocenters. The molecule has 32 heavy (non-hydrogen) atoms. The van der Waals surface area contributed by atoms with Gasteiger partial charge in [-0.1, -0.05) is 54.6 Å². The van der Waals surface area contributed by atoms with Crippen LogP contribution in [0.5, 0.6) is 5.75 Å². The molecule has 0 aliphatic heterocycles. The molecule has 7 heteroatoms. The van der Waals surface area contributed by atoms with Crippen LogP contribution in [0.4, 0.5) is 0 Å². The van der Waals surface area contributed by atoms with Crippen molar-refractivity contribution < 1.29 is 17.9 Å². The predicted octanol–water partition coefficient (Wildman–Crippen LogP) is 3.98. The number of nitrogens with one attached hydrogen (secondary N) is 2. The van der Waals surface area contributed by atoms with Crippen molar-refractivity contribution in [2.45, 2.75) is 36.7 Å². The Kier molecular flexibility index (Phi) is 6.58. The third-order valence-corrected chi connectivity index (χ3v) is 7.12. The SMILES string of the molecule is COc1ccc(C(=O)NC2CCCc3ccccc32)cc1S(=O)(=O)NCc1ccccc1. The molecule has 4 rings (SSSR count). The highest BCUT2D eigenvalue weighted by molar-refractivity contribution is 7.89. The molecule has 1 aliphatic rings. The summed E-state index contributed by atoms with van der Waals surface area (Å²) < 4.78 is 33.8. The van der Waals surface area contributed by atoms with Crippen LogP contribution in [0.15, 0.2) is 77.7 Å². The number of sulfonamides is 1. The van der Waals surface area contributed by atoms with Crippen LogP contribution in [-0.2, 0) is 23.0 Å². The van der Waals surface area contributed by atoms with E-state index in [2.05, 4.69) is 16.1 Å². The summed E-state index contributed by atoms with van der Waals surface area (Å²) in [7, 11) is -2.49. The molecule has 6 nitrogen and oxygen atoms in total. The number of hydrogen-bond donors (Lipinski definition) is 2. The van der Waals surface area contributed by atoms with Gasteiger partial charge in [0.15, 0.2) is 0 Å². The van der Waals surface area contributed by atoms with E-state index >= 15 is 0 Å². The standard InChI is InChI=1S/C25H26N2O4S/c1-31-23-15-14-20(16-24(23)32(29,30)26-17-18-8-3-2-4-9-18)25(28)27-22-13-7-11-19-10-5-6-12-21(19)22/h2-6,8-10,12,14-16,22,26H,7,11,13,17H2,1H3,(H,27,28). The Morgan fingerprint density at radius 2 is 1.78 bits per heavy atom. The Hall–Kier alpha value is -3.16. The van der Waals surface area contributed by atoms with Crippen molar-refractivity contribution in [2.75, 3.05) is 7.11 Å². The smallest absolute Gasteiger partial charge is 0.251 e. The summed E-state index contributed by atoms with van der Waals surface area (Å²) in [6.45, 7) is 0.140. The van der Waals surface area contributed by atoms with E-state index in [-0.39, 0.29) is 34.7 Å². The lowest BCUT2D eigenvalue weighted by Gasteiger charge is -2.26. The van der Waals surface area contributed by atoms with Crippen molar-refractivity contribution in [1.29, 1.82) is 0 Å². The molecule has 0 fully saturated rings. The second kappa shape index (κ2) is 9.54. The first-order chi connectivity index (χ1) is 15.5. The molecular formula is C25H26N2O4S. The number of fused-ring (bicyclic) bond motifs is 1. The number of ether oxygens (including phenoxy) is 1. The van der Waals surface area contributed by atoms with Gasteiger partial charge in [-0.15, -0.1) is 0 Å². The van der Waals surface area contributed by atoms with E-state index in [1.54, 1.807) is 6.07 Å². The Bertz CT molecular complexity index is 1210. The van der Waals surface area contributed by atoms with Crippen molar-refractivity contribution >= 4 is 15.9 Å². The zero-order valence-electron chi connectivity index (χ0n) is 17.9. The van der Waals surface area contributed by atoms with Gasteiger partial charge in [-0.2, -0.15) is 0 Å². The van der Waals surface area contributed by atoms with Gasteiger partial charge in [0.2, 0.25) is 10.0 Å². The van der Waals surface area contributed by atoms with Crippen LogP contribution in [0.2, 0.25) is 0 Å². The molecule has 0 spiro atoms. The van der Waals surface area contributed by atoms with Crippen LogP contribution in [0, 0.1) is 0 Å². The van der Waals surface area contributed by atoms with Crippen molar-refractivity contribution in [3.05, 3.63) is 95.1 Å². The van der Waals surface area contributed by atoms with Crippen LogP contribution in [-0.4, -0.2) is 21.4 Å². The Morgan fingerprint density at radius 1 is 1.03 bits per heavy atom. The van der Waals surface area contributed by atoms with Crippen LogP contribution >= 0.6 is 0 Å². The molecular weight excluding hydrogens is 424 g/mol. The number of amides is 1. The van der Waals surface area contributed by atoms with Gasteiger partial charge in [-0.3, -0.25) is 4.79 Å². The monoisotopic (exact) mass is 450 g/mol. The molecule has 3 aromatic carbocycles. The fraction of sp³-hybridized carbons (Fsp3) is 0.240. The van der Waals surface area contributed by atoms with E-state index in [1.165, 1.54) is 24.8 Å². The van der Waals surface area contributed by atoms with Crippen molar-refractivity contribution in [3.63, 3.8) is 0 Å². The molecule has 166 valence electrons. The third kappa shape index (κ3) is 4.84. The molecule has 0 aromatic heterocycles. The summed E-state index contributed by atoms with van der Waals surface area (Å²) >= 11 is 0. The second-order valence-electron chi connectivity index (χ2n) is 7.79. The zero-order chi connectivity index (χ0) is 22.6. The highest BCUT2D eigenvalue weighted by atomic mass is 32.2. The van der Waals surface area contributed by atoms with Crippen LogP contribution in [0.1, 0.15) is 45.9 Å². The summed E-state index contributed by atoms with van der Waals surface area (Å²) in [5.74, 6) is -0.126. The number of aryl methyl sites for hydroxylation is 1. The molecule has 2 N–H and O–H groups in total. The molecule has 0 radical (unpaired) electrons. The maximum Gasteiger partial charge on any atom is 0.251 e. The number of benzene rings is 3. The van der Waals surface area contributed by atoms with E-state index in [0.29, 0.717) is 0 Å². The molecule has 0 saturated heterocycles. The molecule has 1 atom stereocenters. The second-order valence-corrected chi connectivity index (χ2v) is 9.53. The lowest BCUT2D eigenvalue weighted by Crippen LogP contribution is -2.31. The van der Waals surface area contributed by atoms with E-state index in [1.807, 2.05) is 48.5 Å². The zero-order valence-corrected chi connectivity index (χ0v) is 18.7. The van der Waals surface area contributed by atoms with Gasteiger partial charge in [0.05, 0.1) is 13.2 Å². The average molecular weight is 451 g/mol. The summed E-state index contributed by atoms with van der Waals surface area (Å²) in [5.41, 5.74) is 3.47. The van der Waals surface area contributed by atoms with Gasteiger partial charge in [-0.05, 0) is 54.2 Å². The number of carbonyl (C=O) groups is 1. The first kappa shape index (κ1) is 22.0. The largest absolute Gasteiger partial charge is 0.495 e. The normalized spacial score (nSPS) is 15.6.